The number of rotatable bonds is 5. The highest BCUT2D eigenvalue weighted by atomic mass is 32.2. The van der Waals surface area contributed by atoms with Gasteiger partial charge in [-0.1, -0.05) is 18.2 Å². The van der Waals surface area contributed by atoms with Gasteiger partial charge in [-0.15, -0.1) is 20.4 Å². The largest absolute Gasteiger partial charge is 0.510 e. The van der Waals surface area contributed by atoms with Crippen molar-refractivity contribution in [2.24, 2.45) is 7.05 Å². The molecular formula is C19H20N8OS. The molecule has 0 saturated heterocycles. The Bertz CT molecular complexity index is 1080. The van der Waals surface area contributed by atoms with Gasteiger partial charge in [0.2, 0.25) is 0 Å². The SMILES string of the molecule is Cn1c(SC/C(O)=C(\C#N)c2nnc3n2CCCCC3)nnc1-c1ccncc1. The van der Waals surface area contributed by atoms with Crippen LogP contribution in [0.5, 0.6) is 0 Å². The van der Waals surface area contributed by atoms with Crippen molar-refractivity contribution in [2.45, 2.75) is 37.4 Å². The van der Waals surface area contributed by atoms with Crippen LogP contribution in [0.1, 0.15) is 30.9 Å². The second kappa shape index (κ2) is 8.45. The minimum atomic E-state index is -0.0367. The molecule has 0 aromatic carbocycles. The molecule has 3 aromatic rings. The van der Waals surface area contributed by atoms with Crippen molar-refractivity contribution in [3.05, 3.63) is 41.9 Å². The zero-order chi connectivity index (χ0) is 20.2. The maximum absolute atomic E-state index is 10.6. The molecule has 10 heteroatoms. The van der Waals surface area contributed by atoms with Crippen LogP contribution in [0.15, 0.2) is 35.4 Å². The second-order valence-corrected chi connectivity index (χ2v) is 7.67. The first-order valence-corrected chi connectivity index (χ1v) is 10.3. The summed E-state index contributed by atoms with van der Waals surface area (Å²) in [5.74, 6) is 2.18. The van der Waals surface area contributed by atoms with Crippen molar-refractivity contribution < 1.29 is 5.11 Å². The highest BCUT2D eigenvalue weighted by Crippen LogP contribution is 2.26. The number of aliphatic hydroxyl groups excluding tert-OH is 1. The molecule has 1 N–H and O–H groups in total. The topological polar surface area (TPSA) is 118 Å². The monoisotopic (exact) mass is 408 g/mol. The molecule has 4 rings (SSSR count). The third-order valence-electron chi connectivity index (χ3n) is 4.84. The van der Waals surface area contributed by atoms with Crippen molar-refractivity contribution in [1.82, 2.24) is 34.5 Å². The van der Waals surface area contributed by atoms with E-state index in [0.29, 0.717) is 16.8 Å². The fraction of sp³-hybridized carbons (Fsp3) is 0.368. The van der Waals surface area contributed by atoms with E-state index in [1.54, 1.807) is 12.4 Å². The molecule has 148 valence electrons. The highest BCUT2D eigenvalue weighted by molar-refractivity contribution is 7.99. The third-order valence-corrected chi connectivity index (χ3v) is 5.88. The average molecular weight is 408 g/mol. The predicted octanol–water partition coefficient (Wildman–Crippen LogP) is 2.78. The maximum atomic E-state index is 10.6. The molecule has 1 aliphatic rings. The summed E-state index contributed by atoms with van der Waals surface area (Å²) in [6.07, 6.45) is 7.46. The quantitative estimate of drug-likeness (QED) is 0.389. The number of thioether (sulfide) groups is 1. The average Bonchev–Trinajstić information content (AvgIpc) is 3.22. The second-order valence-electron chi connectivity index (χ2n) is 6.73. The molecule has 4 heterocycles. The number of aromatic nitrogens is 7. The van der Waals surface area contributed by atoms with Gasteiger partial charge in [0.1, 0.15) is 23.2 Å². The zero-order valence-electron chi connectivity index (χ0n) is 16.0. The molecule has 0 saturated carbocycles. The Morgan fingerprint density at radius 3 is 2.79 bits per heavy atom. The van der Waals surface area contributed by atoms with E-state index in [-0.39, 0.29) is 17.1 Å². The van der Waals surface area contributed by atoms with Gasteiger partial charge in [-0.25, -0.2) is 0 Å². The van der Waals surface area contributed by atoms with E-state index in [9.17, 15) is 10.4 Å². The highest BCUT2D eigenvalue weighted by Gasteiger charge is 2.21. The lowest BCUT2D eigenvalue weighted by Gasteiger charge is -2.08. The normalized spacial score (nSPS) is 14.6. The molecule has 0 unspecified atom stereocenters. The Balaban J connectivity index is 1.55. The molecule has 0 spiro atoms. The number of pyridine rings is 1. The van der Waals surface area contributed by atoms with E-state index >= 15 is 0 Å². The van der Waals surface area contributed by atoms with Gasteiger partial charge in [-0.05, 0) is 25.0 Å². The minimum absolute atomic E-state index is 0.0367. The van der Waals surface area contributed by atoms with E-state index in [1.807, 2.05) is 28.3 Å². The molecule has 1 aliphatic heterocycles. The number of hydrogen-bond donors (Lipinski definition) is 1. The molecule has 0 fully saturated rings. The smallest absolute Gasteiger partial charge is 0.191 e. The van der Waals surface area contributed by atoms with Crippen LogP contribution >= 0.6 is 11.8 Å². The standard InChI is InChI=1S/C19H20N8OS/c1-26-17(13-6-8-21-9-7-13)23-25-19(26)29-12-15(28)14(11-20)18-24-22-16-5-3-2-4-10-27(16)18/h6-9,28H,2-5,10,12H2,1H3/b15-14-. The van der Waals surface area contributed by atoms with Crippen molar-refractivity contribution in [2.75, 3.05) is 5.75 Å². The summed E-state index contributed by atoms with van der Waals surface area (Å²) in [4.78, 5) is 4.01. The van der Waals surface area contributed by atoms with Crippen LogP contribution < -0.4 is 0 Å². The number of aliphatic hydroxyl groups is 1. The Kier molecular flexibility index (Phi) is 5.57. The molecule has 0 aliphatic carbocycles. The van der Waals surface area contributed by atoms with Crippen LogP contribution in [-0.4, -0.2) is 45.4 Å². The van der Waals surface area contributed by atoms with Crippen molar-refractivity contribution in [1.29, 1.82) is 5.26 Å². The van der Waals surface area contributed by atoms with Gasteiger partial charge in [-0.3, -0.25) is 4.98 Å². The van der Waals surface area contributed by atoms with Gasteiger partial charge in [0, 0.05) is 38.0 Å². The Hall–Kier alpha value is -3.19. The van der Waals surface area contributed by atoms with Gasteiger partial charge in [0.15, 0.2) is 16.8 Å². The lowest BCUT2D eigenvalue weighted by atomic mass is 10.2. The maximum Gasteiger partial charge on any atom is 0.191 e. The lowest BCUT2D eigenvalue weighted by Crippen LogP contribution is -2.07. The number of hydrogen-bond acceptors (Lipinski definition) is 8. The van der Waals surface area contributed by atoms with Gasteiger partial charge in [0.05, 0.1) is 5.75 Å². The fourth-order valence-electron chi connectivity index (χ4n) is 3.31. The van der Waals surface area contributed by atoms with Crippen molar-refractivity contribution >= 4 is 17.3 Å². The first kappa shape index (κ1) is 19.1. The Morgan fingerprint density at radius 2 is 2.00 bits per heavy atom. The fourth-order valence-corrected chi connectivity index (χ4v) is 4.10. The van der Waals surface area contributed by atoms with E-state index in [2.05, 4.69) is 31.4 Å². The number of fused-ring (bicyclic) bond motifs is 1. The van der Waals surface area contributed by atoms with Gasteiger partial charge in [-0.2, -0.15) is 5.26 Å². The van der Waals surface area contributed by atoms with E-state index in [0.717, 1.165) is 43.6 Å². The van der Waals surface area contributed by atoms with Crippen LogP contribution in [0.4, 0.5) is 0 Å². The zero-order valence-corrected chi connectivity index (χ0v) is 16.8. The van der Waals surface area contributed by atoms with Crippen LogP contribution in [0.2, 0.25) is 0 Å². The van der Waals surface area contributed by atoms with Crippen LogP contribution in [0, 0.1) is 11.3 Å². The molecule has 0 bridgehead atoms. The molecule has 0 radical (unpaired) electrons. The molecular weight excluding hydrogens is 388 g/mol. The Labute approximate surface area is 172 Å². The summed E-state index contributed by atoms with van der Waals surface area (Å²) in [7, 11) is 1.86. The Morgan fingerprint density at radius 1 is 1.17 bits per heavy atom. The first-order chi connectivity index (χ1) is 14.2. The summed E-state index contributed by atoms with van der Waals surface area (Å²) in [5.41, 5.74) is 1.07. The lowest BCUT2D eigenvalue weighted by molar-refractivity contribution is 0.419. The number of nitriles is 1. The summed E-state index contributed by atoms with van der Waals surface area (Å²) in [6.45, 7) is 0.766. The molecule has 9 nitrogen and oxygen atoms in total. The first-order valence-electron chi connectivity index (χ1n) is 9.36. The van der Waals surface area contributed by atoms with Gasteiger partial charge >= 0.3 is 0 Å². The van der Waals surface area contributed by atoms with Crippen LogP contribution in [0.3, 0.4) is 0 Å². The van der Waals surface area contributed by atoms with Crippen LogP contribution in [0.25, 0.3) is 17.0 Å². The van der Waals surface area contributed by atoms with Gasteiger partial charge in [0.25, 0.3) is 0 Å². The molecule has 0 amide bonds. The number of allylic oxidation sites excluding steroid dienone is 1. The molecule has 0 atom stereocenters. The molecule has 3 aromatic heterocycles. The van der Waals surface area contributed by atoms with E-state index in [1.165, 1.54) is 11.8 Å². The summed E-state index contributed by atoms with van der Waals surface area (Å²) < 4.78 is 3.80. The van der Waals surface area contributed by atoms with Crippen LogP contribution in [-0.2, 0) is 20.0 Å². The number of aryl methyl sites for hydroxylation is 1. The summed E-state index contributed by atoms with van der Waals surface area (Å²) in [6, 6.07) is 5.82. The van der Waals surface area contributed by atoms with E-state index < -0.39 is 0 Å². The third kappa shape index (κ3) is 3.86. The number of nitrogens with zero attached hydrogens (tertiary/aromatic N) is 8. The van der Waals surface area contributed by atoms with Crippen molar-refractivity contribution in [3.63, 3.8) is 0 Å². The van der Waals surface area contributed by atoms with Crippen molar-refractivity contribution in [3.8, 4) is 17.5 Å². The minimum Gasteiger partial charge on any atom is -0.510 e. The summed E-state index contributed by atoms with van der Waals surface area (Å²) >= 11 is 1.31. The van der Waals surface area contributed by atoms with E-state index in [4.69, 9.17) is 0 Å². The summed E-state index contributed by atoms with van der Waals surface area (Å²) in [5, 5.41) is 37.7. The van der Waals surface area contributed by atoms with Gasteiger partial charge < -0.3 is 14.2 Å². The molecule has 29 heavy (non-hydrogen) atoms. The predicted molar refractivity (Wildman–Crippen MR) is 108 cm³/mol.